The van der Waals surface area contributed by atoms with Gasteiger partial charge in [-0.2, -0.15) is 5.10 Å². The number of ether oxygens (including phenoxy) is 2. The van der Waals surface area contributed by atoms with Gasteiger partial charge in [-0.05, 0) is 25.5 Å². The van der Waals surface area contributed by atoms with E-state index in [9.17, 15) is 9.59 Å². The summed E-state index contributed by atoms with van der Waals surface area (Å²) in [5, 5.41) is 4.23. The highest BCUT2D eigenvalue weighted by Crippen LogP contribution is 2.26. The first-order chi connectivity index (χ1) is 11.0. The average molecular weight is 314 g/mol. The van der Waals surface area contributed by atoms with Crippen molar-refractivity contribution < 1.29 is 19.1 Å². The number of carbonyl (C=O) groups is 2. The van der Waals surface area contributed by atoms with Gasteiger partial charge in [0.25, 0.3) is 0 Å². The highest BCUT2D eigenvalue weighted by Gasteiger charge is 2.48. The summed E-state index contributed by atoms with van der Waals surface area (Å²) in [5.74, 6) is -0.775. The van der Waals surface area contributed by atoms with E-state index in [0.717, 1.165) is 5.56 Å². The number of carbonyl (C=O) groups excluding carboxylic acids is 2. The van der Waals surface area contributed by atoms with Crippen molar-refractivity contribution in [3.8, 4) is 0 Å². The maximum Gasteiger partial charge on any atom is 0.357 e. The fourth-order valence-electron chi connectivity index (χ4n) is 2.51. The normalized spacial score (nSPS) is 17.1. The Balaban J connectivity index is 1.83. The van der Waals surface area contributed by atoms with Gasteiger partial charge in [-0.15, -0.1) is 0 Å². The molecular formula is C17H18N2O4. The molecule has 1 aromatic carbocycles. The fraction of sp³-hybridized carbons (Fsp3) is 0.353. The van der Waals surface area contributed by atoms with Crippen molar-refractivity contribution >= 4 is 11.8 Å². The van der Waals surface area contributed by atoms with E-state index in [4.69, 9.17) is 9.47 Å². The Hall–Kier alpha value is -2.47. The second-order valence-electron chi connectivity index (χ2n) is 5.68. The number of esters is 1. The Morgan fingerprint density at radius 2 is 1.96 bits per heavy atom. The van der Waals surface area contributed by atoms with Gasteiger partial charge in [0.2, 0.25) is 5.60 Å². The molecule has 23 heavy (non-hydrogen) atoms. The number of ketones is 1. The van der Waals surface area contributed by atoms with E-state index in [-0.39, 0.29) is 25.0 Å². The lowest BCUT2D eigenvalue weighted by atomic mass is 9.97. The number of Topliss-reactive ketones (excluding diaryl/α,β-unsaturated/α-hetero) is 1. The molecule has 1 aliphatic rings. The van der Waals surface area contributed by atoms with Crippen LogP contribution in [0.1, 0.15) is 35.9 Å². The van der Waals surface area contributed by atoms with Crippen molar-refractivity contribution in [3.63, 3.8) is 0 Å². The van der Waals surface area contributed by atoms with Crippen LogP contribution in [0.25, 0.3) is 0 Å². The van der Waals surface area contributed by atoms with Crippen LogP contribution in [0.5, 0.6) is 0 Å². The predicted molar refractivity (Wildman–Crippen MR) is 82.1 cm³/mol. The lowest BCUT2D eigenvalue weighted by Crippen LogP contribution is -2.58. The minimum Gasteiger partial charge on any atom is -0.441 e. The second-order valence-corrected chi connectivity index (χ2v) is 5.68. The molecule has 2 heterocycles. The van der Waals surface area contributed by atoms with Crippen LogP contribution in [0, 0.1) is 0 Å². The van der Waals surface area contributed by atoms with Crippen molar-refractivity contribution in [1.82, 2.24) is 9.78 Å². The van der Waals surface area contributed by atoms with E-state index < -0.39 is 11.6 Å². The number of nitrogens with zero attached hydrogens (tertiary/aromatic N) is 2. The van der Waals surface area contributed by atoms with Crippen molar-refractivity contribution in [2.75, 3.05) is 13.2 Å². The zero-order chi connectivity index (χ0) is 16.4. The molecule has 1 aliphatic heterocycles. The molecule has 2 aromatic rings. The standard InChI is InChI=1S/C17H18N2O4/c1-12(14-6-4-3-5-7-14)19-15(8-9-18-19)16(21)23-17(13(2)20)10-22-11-17/h3-9,12H,10-11H2,1-2H3/t12-/m1/s1. The molecule has 120 valence electrons. The summed E-state index contributed by atoms with van der Waals surface area (Å²) in [6, 6.07) is 11.2. The third-order valence-corrected chi connectivity index (χ3v) is 4.13. The number of hydrogen-bond donors (Lipinski definition) is 0. The zero-order valence-electron chi connectivity index (χ0n) is 13.1. The third-order valence-electron chi connectivity index (χ3n) is 4.13. The monoisotopic (exact) mass is 314 g/mol. The van der Waals surface area contributed by atoms with E-state index in [1.165, 1.54) is 6.92 Å². The van der Waals surface area contributed by atoms with Gasteiger partial charge >= 0.3 is 5.97 Å². The molecule has 1 aromatic heterocycles. The SMILES string of the molecule is CC(=O)C1(OC(=O)c2ccnn2[C@H](C)c2ccccc2)COC1. The smallest absolute Gasteiger partial charge is 0.357 e. The number of benzene rings is 1. The quantitative estimate of drug-likeness (QED) is 0.790. The first-order valence-electron chi connectivity index (χ1n) is 7.44. The first-order valence-corrected chi connectivity index (χ1v) is 7.44. The molecule has 6 nitrogen and oxygen atoms in total. The van der Waals surface area contributed by atoms with Crippen LogP contribution < -0.4 is 0 Å². The lowest BCUT2D eigenvalue weighted by Gasteiger charge is -2.38. The minimum absolute atomic E-state index is 0.108. The molecule has 0 radical (unpaired) electrons. The molecule has 0 aliphatic carbocycles. The summed E-state index contributed by atoms with van der Waals surface area (Å²) in [5.41, 5.74) is 0.190. The molecular weight excluding hydrogens is 296 g/mol. The van der Waals surface area contributed by atoms with Crippen molar-refractivity contribution in [3.05, 3.63) is 53.9 Å². The summed E-state index contributed by atoms with van der Waals surface area (Å²) in [4.78, 5) is 24.2. The molecule has 0 unspecified atom stereocenters. The molecule has 0 N–H and O–H groups in total. The van der Waals surface area contributed by atoms with Crippen LogP contribution in [0.2, 0.25) is 0 Å². The topological polar surface area (TPSA) is 70.4 Å². The van der Waals surface area contributed by atoms with Crippen LogP contribution in [-0.2, 0) is 14.3 Å². The fourth-order valence-corrected chi connectivity index (χ4v) is 2.51. The second kappa shape index (κ2) is 5.96. The van der Waals surface area contributed by atoms with Crippen molar-refractivity contribution in [2.45, 2.75) is 25.5 Å². The summed E-state index contributed by atoms with van der Waals surface area (Å²) in [6.45, 7) is 3.57. The van der Waals surface area contributed by atoms with E-state index in [2.05, 4.69) is 5.10 Å². The first kappa shape index (κ1) is 15.4. The van der Waals surface area contributed by atoms with Gasteiger partial charge in [0.15, 0.2) is 5.78 Å². The highest BCUT2D eigenvalue weighted by atomic mass is 16.6. The molecule has 1 fully saturated rings. The van der Waals surface area contributed by atoms with Gasteiger partial charge in [0.05, 0.1) is 19.3 Å². The maximum absolute atomic E-state index is 12.5. The van der Waals surface area contributed by atoms with Gasteiger partial charge in [-0.25, -0.2) is 4.79 Å². The van der Waals surface area contributed by atoms with Gasteiger partial charge < -0.3 is 9.47 Å². The van der Waals surface area contributed by atoms with Crippen LogP contribution in [0.15, 0.2) is 42.6 Å². The number of aromatic nitrogens is 2. The summed E-state index contributed by atoms with van der Waals surface area (Å²) >= 11 is 0. The molecule has 0 spiro atoms. The highest BCUT2D eigenvalue weighted by molar-refractivity contribution is 5.93. The molecule has 1 atom stereocenters. The molecule has 3 rings (SSSR count). The Labute approximate surface area is 134 Å². The largest absolute Gasteiger partial charge is 0.441 e. The van der Waals surface area contributed by atoms with Gasteiger partial charge in [0, 0.05) is 6.20 Å². The van der Waals surface area contributed by atoms with Crippen LogP contribution >= 0.6 is 0 Å². The predicted octanol–water partition coefficient (Wildman–Crippen LogP) is 2.01. The molecule has 0 amide bonds. The van der Waals surface area contributed by atoms with Crippen LogP contribution in [0.4, 0.5) is 0 Å². The van der Waals surface area contributed by atoms with E-state index in [0.29, 0.717) is 5.69 Å². The lowest BCUT2D eigenvalue weighted by molar-refractivity contribution is -0.188. The Morgan fingerprint density at radius 3 is 2.52 bits per heavy atom. The number of hydrogen-bond acceptors (Lipinski definition) is 5. The molecule has 1 saturated heterocycles. The van der Waals surface area contributed by atoms with Crippen molar-refractivity contribution in [2.24, 2.45) is 0 Å². The van der Waals surface area contributed by atoms with Crippen LogP contribution in [-0.4, -0.2) is 40.3 Å². The van der Waals surface area contributed by atoms with E-state index >= 15 is 0 Å². The Morgan fingerprint density at radius 1 is 1.26 bits per heavy atom. The molecule has 0 saturated carbocycles. The maximum atomic E-state index is 12.5. The minimum atomic E-state index is -1.15. The number of rotatable bonds is 5. The van der Waals surface area contributed by atoms with E-state index in [1.807, 2.05) is 37.3 Å². The average Bonchev–Trinajstić information content (AvgIpc) is 3.00. The Bertz CT molecular complexity index is 719. The molecule has 0 bridgehead atoms. The van der Waals surface area contributed by atoms with Gasteiger partial charge in [-0.1, -0.05) is 30.3 Å². The van der Waals surface area contributed by atoms with E-state index in [1.54, 1.807) is 16.9 Å². The summed E-state index contributed by atoms with van der Waals surface area (Å²) in [7, 11) is 0. The Kier molecular flexibility index (Phi) is 4.00. The summed E-state index contributed by atoms with van der Waals surface area (Å²) in [6.07, 6.45) is 1.55. The van der Waals surface area contributed by atoms with Gasteiger partial charge in [-0.3, -0.25) is 9.48 Å². The summed E-state index contributed by atoms with van der Waals surface area (Å²) < 4.78 is 12.1. The van der Waals surface area contributed by atoms with Crippen LogP contribution in [0.3, 0.4) is 0 Å². The zero-order valence-corrected chi connectivity index (χ0v) is 13.1. The van der Waals surface area contributed by atoms with Gasteiger partial charge in [0.1, 0.15) is 5.69 Å². The third kappa shape index (κ3) is 2.77. The van der Waals surface area contributed by atoms with Crippen molar-refractivity contribution in [1.29, 1.82) is 0 Å². The molecule has 6 heteroatoms.